The van der Waals surface area contributed by atoms with Crippen molar-refractivity contribution in [1.29, 1.82) is 0 Å². The summed E-state index contributed by atoms with van der Waals surface area (Å²) in [7, 11) is 3.70. The highest BCUT2D eigenvalue weighted by atomic mass is 31.2. The van der Waals surface area contributed by atoms with E-state index in [0.717, 1.165) is 24.2 Å². The predicted octanol–water partition coefficient (Wildman–Crippen LogP) is 6.30. The highest BCUT2D eigenvalue weighted by molar-refractivity contribution is 7.67. The van der Waals surface area contributed by atoms with Crippen molar-refractivity contribution in [2.24, 2.45) is 0 Å². The summed E-state index contributed by atoms with van der Waals surface area (Å²) in [5.41, 5.74) is 2.57. The largest absolute Gasteiger partial charge is 0.497 e. The van der Waals surface area contributed by atoms with E-state index in [0.29, 0.717) is 29.0 Å². The standard InChI is InChI=1S/C27H35N2O4P/c1-6-7-19-33-34(30,24-16-13-22(14-17-24)29(2)3)27(28-21-11-9-8-10-12-21)25-20-23(31-4)15-18-26(25)32-5/h8-18,20,27-28H,6-7,19H2,1-5H3/t27-,34-/m0/s1. The lowest BCUT2D eigenvalue weighted by Crippen LogP contribution is -2.22. The third-order valence-corrected chi connectivity index (χ3v) is 8.33. The number of hydrogen-bond acceptors (Lipinski definition) is 6. The average Bonchev–Trinajstić information content (AvgIpc) is 2.87. The third kappa shape index (κ3) is 5.94. The van der Waals surface area contributed by atoms with Gasteiger partial charge in [-0.05, 0) is 61.0 Å². The van der Waals surface area contributed by atoms with Crippen LogP contribution in [0.15, 0.2) is 72.8 Å². The van der Waals surface area contributed by atoms with Gasteiger partial charge in [0.25, 0.3) is 7.37 Å². The average molecular weight is 483 g/mol. The van der Waals surface area contributed by atoms with E-state index in [9.17, 15) is 4.57 Å². The number of anilines is 2. The Morgan fingerprint density at radius 1 is 0.941 bits per heavy atom. The van der Waals surface area contributed by atoms with Crippen molar-refractivity contribution in [3.8, 4) is 11.5 Å². The highest BCUT2D eigenvalue weighted by Crippen LogP contribution is 2.60. The fourth-order valence-electron chi connectivity index (χ4n) is 3.69. The Bertz CT molecular complexity index is 1090. The van der Waals surface area contributed by atoms with Gasteiger partial charge in [-0.1, -0.05) is 31.5 Å². The van der Waals surface area contributed by atoms with Crippen LogP contribution in [0, 0.1) is 0 Å². The molecular formula is C27H35N2O4P. The normalized spacial score (nSPS) is 13.6. The molecule has 0 aromatic heterocycles. The summed E-state index contributed by atoms with van der Waals surface area (Å²) in [6, 6.07) is 23.0. The van der Waals surface area contributed by atoms with Gasteiger partial charge in [0.05, 0.1) is 20.8 Å². The molecule has 6 nitrogen and oxygen atoms in total. The van der Waals surface area contributed by atoms with E-state index < -0.39 is 13.2 Å². The SMILES string of the molecule is CCCCO[P@@](=O)(c1ccc(N(C)C)cc1)[C@H](Nc1ccccc1)c1cc(OC)ccc1OC. The van der Waals surface area contributed by atoms with Crippen molar-refractivity contribution in [3.05, 3.63) is 78.4 Å². The van der Waals surface area contributed by atoms with Gasteiger partial charge in [-0.3, -0.25) is 4.57 Å². The maximum atomic E-state index is 14.9. The van der Waals surface area contributed by atoms with Gasteiger partial charge in [-0.25, -0.2) is 0 Å². The van der Waals surface area contributed by atoms with E-state index in [1.807, 2.05) is 91.8 Å². The minimum absolute atomic E-state index is 0.391. The van der Waals surface area contributed by atoms with Crippen LogP contribution in [0.2, 0.25) is 0 Å². The Morgan fingerprint density at radius 3 is 2.24 bits per heavy atom. The Kier molecular flexibility index (Phi) is 9.03. The molecule has 2 atom stereocenters. The van der Waals surface area contributed by atoms with E-state index in [4.69, 9.17) is 14.0 Å². The first-order chi connectivity index (χ1) is 16.4. The molecular weight excluding hydrogens is 447 g/mol. The molecule has 3 rings (SSSR count). The second kappa shape index (κ2) is 12.0. The number of benzene rings is 3. The van der Waals surface area contributed by atoms with Crippen LogP contribution in [0.4, 0.5) is 11.4 Å². The minimum atomic E-state index is -3.48. The molecule has 3 aromatic rings. The molecule has 34 heavy (non-hydrogen) atoms. The van der Waals surface area contributed by atoms with Crippen molar-refractivity contribution >= 4 is 24.0 Å². The lowest BCUT2D eigenvalue weighted by molar-refractivity contribution is 0.307. The molecule has 1 N–H and O–H groups in total. The van der Waals surface area contributed by atoms with Gasteiger partial charge in [0.1, 0.15) is 17.3 Å². The monoisotopic (exact) mass is 482 g/mol. The maximum absolute atomic E-state index is 14.9. The number of unbranched alkanes of at least 4 members (excludes halogenated alkanes) is 1. The molecule has 0 amide bonds. The van der Waals surface area contributed by atoms with Gasteiger partial charge in [-0.2, -0.15) is 0 Å². The van der Waals surface area contributed by atoms with Crippen LogP contribution < -0.4 is 25.0 Å². The molecule has 0 aliphatic rings. The second-order valence-electron chi connectivity index (χ2n) is 8.22. The van der Waals surface area contributed by atoms with Gasteiger partial charge in [0, 0.05) is 36.3 Å². The quantitative estimate of drug-likeness (QED) is 0.241. The smallest absolute Gasteiger partial charge is 0.258 e. The zero-order valence-electron chi connectivity index (χ0n) is 20.7. The van der Waals surface area contributed by atoms with Gasteiger partial charge in [-0.15, -0.1) is 0 Å². The Hall–Kier alpha value is -2.95. The van der Waals surface area contributed by atoms with E-state index >= 15 is 0 Å². The van der Waals surface area contributed by atoms with Crippen LogP contribution in [-0.2, 0) is 9.09 Å². The molecule has 0 unspecified atom stereocenters. The first-order valence-electron chi connectivity index (χ1n) is 11.5. The molecule has 0 fully saturated rings. The second-order valence-corrected chi connectivity index (χ2v) is 10.7. The van der Waals surface area contributed by atoms with Crippen LogP contribution in [0.5, 0.6) is 11.5 Å². The lowest BCUT2D eigenvalue weighted by Gasteiger charge is -2.31. The zero-order valence-corrected chi connectivity index (χ0v) is 21.5. The van der Waals surface area contributed by atoms with E-state index in [2.05, 4.69) is 12.2 Å². The summed E-state index contributed by atoms with van der Waals surface area (Å²) in [6.07, 6.45) is 1.76. The number of rotatable bonds is 12. The molecule has 0 aliphatic carbocycles. The van der Waals surface area contributed by atoms with Crippen LogP contribution in [0.3, 0.4) is 0 Å². The summed E-state index contributed by atoms with van der Waals surface area (Å²) in [4.78, 5) is 2.01. The van der Waals surface area contributed by atoms with Gasteiger partial charge in [0.15, 0.2) is 0 Å². The maximum Gasteiger partial charge on any atom is 0.258 e. The summed E-state index contributed by atoms with van der Waals surface area (Å²) in [5.74, 6) is 0.569. The van der Waals surface area contributed by atoms with Crippen LogP contribution in [-0.4, -0.2) is 34.9 Å². The van der Waals surface area contributed by atoms with Crippen molar-refractivity contribution in [2.75, 3.05) is 45.1 Å². The van der Waals surface area contributed by atoms with Crippen LogP contribution in [0.25, 0.3) is 0 Å². The van der Waals surface area contributed by atoms with Crippen molar-refractivity contribution in [1.82, 2.24) is 0 Å². The Labute approximate surface area is 203 Å². The molecule has 0 saturated heterocycles. The summed E-state index contributed by atoms with van der Waals surface area (Å²) < 4.78 is 32.4. The van der Waals surface area contributed by atoms with Crippen LogP contribution in [0.1, 0.15) is 31.1 Å². The first-order valence-corrected chi connectivity index (χ1v) is 13.2. The highest BCUT2D eigenvalue weighted by Gasteiger charge is 2.39. The number of para-hydroxylation sites is 1. The lowest BCUT2D eigenvalue weighted by atomic mass is 10.1. The molecule has 0 spiro atoms. The fourth-order valence-corrected chi connectivity index (χ4v) is 6.14. The zero-order chi connectivity index (χ0) is 24.6. The molecule has 3 aromatic carbocycles. The van der Waals surface area contributed by atoms with E-state index in [-0.39, 0.29) is 0 Å². The van der Waals surface area contributed by atoms with Gasteiger partial charge >= 0.3 is 0 Å². The minimum Gasteiger partial charge on any atom is -0.497 e. The number of hydrogen-bond donors (Lipinski definition) is 1. The number of ether oxygens (including phenoxy) is 2. The van der Waals surface area contributed by atoms with Crippen molar-refractivity contribution in [3.63, 3.8) is 0 Å². The fraction of sp³-hybridized carbons (Fsp3) is 0.333. The van der Waals surface area contributed by atoms with Crippen LogP contribution >= 0.6 is 7.37 Å². The van der Waals surface area contributed by atoms with Gasteiger partial charge < -0.3 is 24.2 Å². The molecule has 0 radical (unpaired) electrons. The third-order valence-electron chi connectivity index (χ3n) is 5.66. The molecule has 7 heteroatoms. The van der Waals surface area contributed by atoms with Crippen molar-refractivity contribution in [2.45, 2.75) is 25.5 Å². The molecule has 182 valence electrons. The number of nitrogens with zero attached hydrogens (tertiary/aromatic N) is 1. The summed E-state index contributed by atoms with van der Waals surface area (Å²) in [6.45, 7) is 2.48. The number of methoxy groups -OCH3 is 2. The summed E-state index contributed by atoms with van der Waals surface area (Å²) in [5, 5.41) is 4.14. The topological polar surface area (TPSA) is 60.0 Å². The van der Waals surface area contributed by atoms with E-state index in [1.54, 1.807) is 14.2 Å². The van der Waals surface area contributed by atoms with E-state index in [1.165, 1.54) is 0 Å². The molecule has 0 saturated carbocycles. The molecule has 0 aliphatic heterocycles. The molecule has 0 heterocycles. The van der Waals surface area contributed by atoms with Gasteiger partial charge in [0.2, 0.25) is 0 Å². The number of nitrogens with one attached hydrogen (secondary N) is 1. The first kappa shape index (κ1) is 25.7. The Morgan fingerprint density at radius 2 is 1.65 bits per heavy atom. The van der Waals surface area contributed by atoms with Crippen molar-refractivity contribution < 1.29 is 18.6 Å². The molecule has 0 bridgehead atoms. The summed E-state index contributed by atoms with van der Waals surface area (Å²) >= 11 is 0. The predicted molar refractivity (Wildman–Crippen MR) is 141 cm³/mol. The Balaban J connectivity index is 2.20.